The molecule has 1 aromatic heterocycles. The molecule has 1 amide bonds. The monoisotopic (exact) mass is 323 g/mol. The van der Waals surface area contributed by atoms with Crippen LogP contribution in [0, 0.1) is 0 Å². The molecule has 0 unspecified atom stereocenters. The number of fused-ring (bicyclic) bond motifs is 1. The van der Waals surface area contributed by atoms with Crippen molar-refractivity contribution in [2.24, 2.45) is 0 Å². The van der Waals surface area contributed by atoms with Crippen molar-refractivity contribution in [3.8, 4) is 5.69 Å². The van der Waals surface area contributed by atoms with Gasteiger partial charge in [0.2, 0.25) is 0 Å². The number of benzene rings is 2. The van der Waals surface area contributed by atoms with Gasteiger partial charge < -0.3 is 10.4 Å². The molecule has 6 nitrogen and oxygen atoms in total. The fraction of sp³-hybridized carbons (Fsp3) is 0.167. The van der Waals surface area contributed by atoms with Gasteiger partial charge >= 0.3 is 6.09 Å². The van der Waals surface area contributed by atoms with Crippen LogP contribution >= 0.6 is 0 Å². The Morgan fingerprint density at radius 2 is 1.79 bits per heavy atom. The molecule has 3 aromatic rings. The lowest BCUT2D eigenvalue weighted by molar-refractivity contribution is 0.194. The van der Waals surface area contributed by atoms with Crippen LogP contribution in [0.25, 0.3) is 16.6 Å². The Hall–Kier alpha value is -3.15. The molecule has 2 N–H and O–H groups in total. The summed E-state index contributed by atoms with van der Waals surface area (Å²) in [6, 6.07) is 16.6. The molecule has 0 radical (unpaired) electrons. The first-order valence-corrected chi connectivity index (χ1v) is 7.70. The summed E-state index contributed by atoms with van der Waals surface area (Å²) < 4.78 is 1.60. The van der Waals surface area contributed by atoms with E-state index in [-0.39, 0.29) is 5.56 Å². The second-order valence-electron chi connectivity index (χ2n) is 5.36. The SMILES string of the molecule is O=C(O)NCCCc1nc2ccccc2c(=O)n1-c1ccccc1. The van der Waals surface area contributed by atoms with Crippen LogP contribution in [0.4, 0.5) is 4.79 Å². The van der Waals surface area contributed by atoms with E-state index < -0.39 is 6.09 Å². The molecule has 3 rings (SSSR count). The second-order valence-corrected chi connectivity index (χ2v) is 5.36. The number of para-hydroxylation sites is 2. The van der Waals surface area contributed by atoms with Crippen molar-refractivity contribution >= 4 is 17.0 Å². The van der Waals surface area contributed by atoms with Gasteiger partial charge in [-0.05, 0) is 30.7 Å². The Bertz CT molecular complexity index is 920. The van der Waals surface area contributed by atoms with Crippen molar-refractivity contribution in [3.05, 3.63) is 70.8 Å². The van der Waals surface area contributed by atoms with Crippen LogP contribution < -0.4 is 10.9 Å². The van der Waals surface area contributed by atoms with Gasteiger partial charge in [-0.15, -0.1) is 0 Å². The quantitative estimate of drug-likeness (QED) is 0.707. The predicted octanol–water partition coefficient (Wildman–Crippen LogP) is 2.59. The van der Waals surface area contributed by atoms with Gasteiger partial charge in [-0.3, -0.25) is 9.36 Å². The van der Waals surface area contributed by atoms with Crippen molar-refractivity contribution in [1.29, 1.82) is 0 Å². The fourth-order valence-corrected chi connectivity index (χ4v) is 2.63. The summed E-state index contributed by atoms with van der Waals surface area (Å²) in [7, 11) is 0. The highest BCUT2D eigenvalue weighted by Gasteiger charge is 2.12. The number of aryl methyl sites for hydroxylation is 1. The summed E-state index contributed by atoms with van der Waals surface area (Å²) in [4.78, 5) is 28.1. The fourth-order valence-electron chi connectivity index (χ4n) is 2.63. The van der Waals surface area contributed by atoms with Crippen LogP contribution in [0.3, 0.4) is 0 Å². The van der Waals surface area contributed by atoms with E-state index in [0.29, 0.717) is 36.1 Å². The summed E-state index contributed by atoms with van der Waals surface area (Å²) in [5.74, 6) is 0.622. The third-order valence-electron chi connectivity index (χ3n) is 3.71. The van der Waals surface area contributed by atoms with E-state index in [1.165, 1.54) is 0 Å². The molecule has 0 fully saturated rings. The highest BCUT2D eigenvalue weighted by molar-refractivity contribution is 5.77. The molecule has 0 saturated heterocycles. The minimum Gasteiger partial charge on any atom is -0.465 e. The molecule has 0 spiro atoms. The lowest BCUT2D eigenvalue weighted by Crippen LogP contribution is -2.26. The Labute approximate surface area is 138 Å². The number of carboxylic acid groups (broad SMARTS) is 1. The van der Waals surface area contributed by atoms with Crippen molar-refractivity contribution in [2.45, 2.75) is 12.8 Å². The van der Waals surface area contributed by atoms with Crippen LogP contribution in [-0.2, 0) is 6.42 Å². The molecule has 0 atom stereocenters. The lowest BCUT2D eigenvalue weighted by Gasteiger charge is -2.13. The Kier molecular flexibility index (Phi) is 4.56. The smallest absolute Gasteiger partial charge is 0.404 e. The van der Waals surface area contributed by atoms with Crippen molar-refractivity contribution in [1.82, 2.24) is 14.9 Å². The summed E-state index contributed by atoms with van der Waals surface area (Å²) in [6.07, 6.45) is 0.000947. The predicted molar refractivity (Wildman–Crippen MR) is 91.7 cm³/mol. The molecule has 0 bridgehead atoms. The normalized spacial score (nSPS) is 10.7. The number of aromatic nitrogens is 2. The Morgan fingerprint density at radius 1 is 1.08 bits per heavy atom. The average Bonchev–Trinajstić information content (AvgIpc) is 2.59. The van der Waals surface area contributed by atoms with Gasteiger partial charge in [0, 0.05) is 13.0 Å². The molecule has 2 aromatic carbocycles. The number of hydrogen-bond acceptors (Lipinski definition) is 3. The molecule has 24 heavy (non-hydrogen) atoms. The molecule has 1 heterocycles. The number of amides is 1. The average molecular weight is 323 g/mol. The number of nitrogens with one attached hydrogen (secondary N) is 1. The first-order valence-electron chi connectivity index (χ1n) is 7.70. The number of hydrogen-bond donors (Lipinski definition) is 2. The summed E-state index contributed by atoms with van der Waals surface area (Å²) in [6.45, 7) is 0.312. The van der Waals surface area contributed by atoms with Gasteiger partial charge in [0.1, 0.15) is 5.82 Å². The summed E-state index contributed by atoms with van der Waals surface area (Å²) in [5.41, 5.74) is 1.28. The van der Waals surface area contributed by atoms with E-state index in [4.69, 9.17) is 5.11 Å². The molecule has 6 heteroatoms. The maximum atomic E-state index is 12.9. The van der Waals surface area contributed by atoms with Gasteiger partial charge in [-0.25, -0.2) is 9.78 Å². The first-order chi connectivity index (χ1) is 11.7. The minimum atomic E-state index is -1.05. The van der Waals surface area contributed by atoms with Crippen molar-refractivity contribution in [2.75, 3.05) is 6.54 Å². The molecular formula is C18H17N3O3. The van der Waals surface area contributed by atoms with E-state index in [2.05, 4.69) is 10.3 Å². The molecule has 122 valence electrons. The zero-order valence-electron chi connectivity index (χ0n) is 13.0. The highest BCUT2D eigenvalue weighted by atomic mass is 16.4. The largest absolute Gasteiger partial charge is 0.465 e. The van der Waals surface area contributed by atoms with Crippen molar-refractivity contribution in [3.63, 3.8) is 0 Å². The lowest BCUT2D eigenvalue weighted by atomic mass is 10.2. The second kappa shape index (κ2) is 6.95. The van der Waals surface area contributed by atoms with E-state index >= 15 is 0 Å². The van der Waals surface area contributed by atoms with E-state index in [1.807, 2.05) is 48.5 Å². The first kappa shape index (κ1) is 15.7. The van der Waals surface area contributed by atoms with Crippen LogP contribution in [0.1, 0.15) is 12.2 Å². The number of carbonyl (C=O) groups is 1. The maximum Gasteiger partial charge on any atom is 0.404 e. The van der Waals surface area contributed by atoms with Gasteiger partial charge in [0.25, 0.3) is 5.56 Å². The molecular weight excluding hydrogens is 306 g/mol. The molecule has 0 aliphatic carbocycles. The maximum absolute atomic E-state index is 12.9. The summed E-state index contributed by atoms with van der Waals surface area (Å²) in [5, 5.41) is 11.5. The zero-order chi connectivity index (χ0) is 16.9. The number of rotatable bonds is 5. The zero-order valence-corrected chi connectivity index (χ0v) is 13.0. The topological polar surface area (TPSA) is 84.2 Å². The minimum absolute atomic E-state index is 0.118. The number of nitrogens with zero attached hydrogens (tertiary/aromatic N) is 2. The molecule has 0 saturated carbocycles. The Balaban J connectivity index is 2.05. The van der Waals surface area contributed by atoms with E-state index in [9.17, 15) is 9.59 Å². The van der Waals surface area contributed by atoms with Gasteiger partial charge in [-0.2, -0.15) is 0 Å². The van der Waals surface area contributed by atoms with Crippen LogP contribution in [0.5, 0.6) is 0 Å². The van der Waals surface area contributed by atoms with Crippen LogP contribution in [-0.4, -0.2) is 27.3 Å². The van der Waals surface area contributed by atoms with Crippen LogP contribution in [0.2, 0.25) is 0 Å². The third-order valence-corrected chi connectivity index (χ3v) is 3.71. The summed E-state index contributed by atoms with van der Waals surface area (Å²) >= 11 is 0. The van der Waals surface area contributed by atoms with E-state index in [1.54, 1.807) is 10.6 Å². The van der Waals surface area contributed by atoms with Crippen LogP contribution in [0.15, 0.2) is 59.4 Å². The van der Waals surface area contributed by atoms with E-state index in [0.717, 1.165) is 5.69 Å². The van der Waals surface area contributed by atoms with Gasteiger partial charge in [-0.1, -0.05) is 30.3 Å². The highest BCUT2D eigenvalue weighted by Crippen LogP contribution is 2.13. The Morgan fingerprint density at radius 3 is 2.54 bits per heavy atom. The molecule has 0 aliphatic heterocycles. The third kappa shape index (κ3) is 3.27. The standard InChI is InChI=1S/C18H17N3O3/c22-17-14-9-4-5-10-15(14)20-16(11-6-12-19-18(23)24)21(17)13-7-2-1-3-8-13/h1-5,7-10,19H,6,11-12H2,(H,23,24). The van der Waals surface area contributed by atoms with Gasteiger partial charge in [0.15, 0.2) is 0 Å². The van der Waals surface area contributed by atoms with Crippen molar-refractivity contribution < 1.29 is 9.90 Å². The van der Waals surface area contributed by atoms with Gasteiger partial charge in [0.05, 0.1) is 16.6 Å². The molecule has 0 aliphatic rings.